The highest BCUT2D eigenvalue weighted by Gasteiger charge is 2.16. The van der Waals surface area contributed by atoms with Crippen molar-refractivity contribution in [1.82, 2.24) is 4.90 Å². The van der Waals surface area contributed by atoms with Crippen LogP contribution in [-0.4, -0.2) is 44.4 Å². The minimum absolute atomic E-state index is 0.0682. The van der Waals surface area contributed by atoms with Crippen LogP contribution in [0.5, 0.6) is 0 Å². The summed E-state index contributed by atoms with van der Waals surface area (Å²) in [6.07, 6.45) is 0. The van der Waals surface area contributed by atoms with Crippen molar-refractivity contribution in [1.29, 1.82) is 0 Å². The highest BCUT2D eigenvalue weighted by Crippen LogP contribution is 2.27. The van der Waals surface area contributed by atoms with Crippen LogP contribution in [0, 0.1) is 0 Å². The van der Waals surface area contributed by atoms with Gasteiger partial charge in [-0.05, 0) is 32.3 Å². The number of carbonyl (C=O) groups excluding carboxylic acids is 2. The van der Waals surface area contributed by atoms with Crippen LogP contribution in [0.2, 0.25) is 0 Å². The SMILES string of the molecule is CC(=O)Nc1cc(N)ccc1N(C)C(=O)CN(C)C. The second-order valence-corrected chi connectivity index (χ2v) is 4.65. The molecular formula is C13H20N4O2. The van der Waals surface area contributed by atoms with Gasteiger partial charge in [-0.2, -0.15) is 0 Å². The molecule has 104 valence electrons. The Balaban J connectivity index is 3.04. The third kappa shape index (κ3) is 4.26. The average Bonchev–Trinajstić information content (AvgIpc) is 2.26. The molecule has 1 rings (SSSR count). The van der Waals surface area contributed by atoms with E-state index in [1.807, 2.05) is 14.1 Å². The first kappa shape index (κ1) is 15.0. The molecule has 19 heavy (non-hydrogen) atoms. The van der Waals surface area contributed by atoms with Gasteiger partial charge in [-0.15, -0.1) is 0 Å². The molecule has 0 fully saturated rings. The van der Waals surface area contributed by atoms with Crippen molar-refractivity contribution >= 4 is 28.9 Å². The summed E-state index contributed by atoms with van der Waals surface area (Å²) in [7, 11) is 5.32. The molecule has 0 bridgehead atoms. The number of nitrogens with one attached hydrogen (secondary N) is 1. The number of amides is 2. The molecule has 0 atom stereocenters. The predicted octanol–water partition coefficient (Wildman–Crippen LogP) is 0.752. The molecule has 0 unspecified atom stereocenters. The predicted molar refractivity (Wildman–Crippen MR) is 77.1 cm³/mol. The molecule has 1 aromatic carbocycles. The number of nitrogen functional groups attached to an aromatic ring is 1. The largest absolute Gasteiger partial charge is 0.399 e. The van der Waals surface area contributed by atoms with Gasteiger partial charge in [0.15, 0.2) is 0 Å². The molecule has 0 aliphatic heterocycles. The maximum atomic E-state index is 12.0. The lowest BCUT2D eigenvalue weighted by Crippen LogP contribution is -2.35. The summed E-state index contributed by atoms with van der Waals surface area (Å²) in [6, 6.07) is 5.05. The number of nitrogens with two attached hydrogens (primary N) is 1. The zero-order valence-corrected chi connectivity index (χ0v) is 11.7. The Hall–Kier alpha value is -2.08. The number of hydrogen-bond donors (Lipinski definition) is 2. The summed E-state index contributed by atoms with van der Waals surface area (Å²) < 4.78 is 0. The number of carbonyl (C=O) groups is 2. The zero-order chi connectivity index (χ0) is 14.6. The molecule has 0 radical (unpaired) electrons. The summed E-state index contributed by atoms with van der Waals surface area (Å²) in [6.45, 7) is 1.70. The summed E-state index contributed by atoms with van der Waals surface area (Å²) in [5.74, 6) is -0.276. The second-order valence-electron chi connectivity index (χ2n) is 4.65. The van der Waals surface area contributed by atoms with E-state index in [0.29, 0.717) is 23.6 Å². The smallest absolute Gasteiger partial charge is 0.240 e. The fourth-order valence-corrected chi connectivity index (χ4v) is 1.65. The first-order valence-corrected chi connectivity index (χ1v) is 5.89. The quantitative estimate of drug-likeness (QED) is 0.787. The third-order valence-electron chi connectivity index (χ3n) is 2.52. The van der Waals surface area contributed by atoms with Crippen molar-refractivity contribution in [3.05, 3.63) is 18.2 Å². The number of anilines is 3. The minimum Gasteiger partial charge on any atom is -0.399 e. The van der Waals surface area contributed by atoms with Gasteiger partial charge >= 0.3 is 0 Å². The van der Waals surface area contributed by atoms with Crippen LogP contribution < -0.4 is 16.0 Å². The highest BCUT2D eigenvalue weighted by atomic mass is 16.2. The number of rotatable bonds is 4. The van der Waals surface area contributed by atoms with Crippen LogP contribution in [-0.2, 0) is 9.59 Å². The molecule has 6 heteroatoms. The van der Waals surface area contributed by atoms with Crippen molar-refractivity contribution in [3.63, 3.8) is 0 Å². The molecule has 0 saturated heterocycles. The van der Waals surface area contributed by atoms with Gasteiger partial charge < -0.3 is 20.9 Å². The molecular weight excluding hydrogens is 244 g/mol. The van der Waals surface area contributed by atoms with Gasteiger partial charge in [-0.25, -0.2) is 0 Å². The van der Waals surface area contributed by atoms with Crippen LogP contribution >= 0.6 is 0 Å². The normalized spacial score (nSPS) is 10.4. The molecule has 0 aromatic heterocycles. The molecule has 3 N–H and O–H groups in total. The van der Waals surface area contributed by atoms with Gasteiger partial charge in [0, 0.05) is 19.7 Å². The Kier molecular flexibility index (Phi) is 4.88. The van der Waals surface area contributed by atoms with Gasteiger partial charge in [-0.1, -0.05) is 0 Å². The number of hydrogen-bond acceptors (Lipinski definition) is 4. The highest BCUT2D eigenvalue weighted by molar-refractivity contribution is 6.01. The second kappa shape index (κ2) is 6.19. The lowest BCUT2D eigenvalue weighted by Gasteiger charge is -2.22. The minimum atomic E-state index is -0.208. The van der Waals surface area contributed by atoms with E-state index in [4.69, 9.17) is 5.73 Å². The van der Waals surface area contributed by atoms with Crippen molar-refractivity contribution in [2.75, 3.05) is 43.6 Å². The van der Waals surface area contributed by atoms with Crippen molar-refractivity contribution in [2.45, 2.75) is 6.92 Å². The first-order valence-electron chi connectivity index (χ1n) is 5.89. The van der Waals surface area contributed by atoms with Gasteiger partial charge in [-0.3, -0.25) is 9.59 Å². The Bertz CT molecular complexity index is 486. The van der Waals surface area contributed by atoms with Crippen LogP contribution in [0.15, 0.2) is 18.2 Å². The summed E-state index contributed by atoms with van der Waals surface area (Å²) in [5, 5.41) is 2.68. The van der Waals surface area contributed by atoms with E-state index in [0.717, 1.165) is 0 Å². The van der Waals surface area contributed by atoms with E-state index in [-0.39, 0.29) is 11.8 Å². The summed E-state index contributed by atoms with van der Waals surface area (Å²) >= 11 is 0. The molecule has 6 nitrogen and oxygen atoms in total. The fraction of sp³-hybridized carbons (Fsp3) is 0.385. The van der Waals surface area contributed by atoms with E-state index in [1.54, 1.807) is 30.1 Å². The lowest BCUT2D eigenvalue weighted by atomic mass is 10.2. The van der Waals surface area contributed by atoms with Crippen molar-refractivity contribution < 1.29 is 9.59 Å². The van der Waals surface area contributed by atoms with E-state index in [9.17, 15) is 9.59 Å². The monoisotopic (exact) mass is 264 g/mol. The molecule has 1 aromatic rings. The summed E-state index contributed by atoms with van der Waals surface area (Å²) in [4.78, 5) is 26.5. The van der Waals surface area contributed by atoms with E-state index >= 15 is 0 Å². The standard InChI is InChI=1S/C13H20N4O2/c1-9(18)15-11-7-10(14)5-6-12(11)17(4)13(19)8-16(2)3/h5-7H,8,14H2,1-4H3,(H,15,18). The summed E-state index contributed by atoms with van der Waals surface area (Å²) in [5.41, 5.74) is 7.38. The van der Waals surface area contributed by atoms with Crippen LogP contribution in [0.3, 0.4) is 0 Å². The van der Waals surface area contributed by atoms with Crippen molar-refractivity contribution in [2.24, 2.45) is 0 Å². The Morgan fingerprint density at radius 3 is 2.42 bits per heavy atom. The van der Waals surface area contributed by atoms with Crippen LogP contribution in [0.4, 0.5) is 17.1 Å². The average molecular weight is 264 g/mol. The topological polar surface area (TPSA) is 78.7 Å². The van der Waals surface area contributed by atoms with Gasteiger partial charge in [0.05, 0.1) is 17.9 Å². The number of nitrogens with zero attached hydrogens (tertiary/aromatic N) is 2. The molecule has 0 saturated carbocycles. The molecule has 0 aliphatic rings. The molecule has 0 spiro atoms. The Morgan fingerprint density at radius 2 is 1.89 bits per heavy atom. The van der Waals surface area contributed by atoms with Crippen LogP contribution in [0.1, 0.15) is 6.92 Å². The zero-order valence-electron chi connectivity index (χ0n) is 11.7. The van der Waals surface area contributed by atoms with Gasteiger partial charge in [0.1, 0.15) is 0 Å². The Morgan fingerprint density at radius 1 is 1.26 bits per heavy atom. The third-order valence-corrected chi connectivity index (χ3v) is 2.52. The fourth-order valence-electron chi connectivity index (χ4n) is 1.65. The maximum absolute atomic E-state index is 12.0. The molecule has 0 heterocycles. The van der Waals surface area contributed by atoms with Crippen molar-refractivity contribution in [3.8, 4) is 0 Å². The van der Waals surface area contributed by atoms with Gasteiger partial charge in [0.25, 0.3) is 0 Å². The lowest BCUT2D eigenvalue weighted by molar-refractivity contribution is -0.119. The van der Waals surface area contributed by atoms with E-state index < -0.39 is 0 Å². The van der Waals surface area contributed by atoms with E-state index in [2.05, 4.69) is 5.32 Å². The maximum Gasteiger partial charge on any atom is 0.240 e. The van der Waals surface area contributed by atoms with E-state index in [1.165, 1.54) is 11.8 Å². The number of benzene rings is 1. The molecule has 0 aliphatic carbocycles. The van der Waals surface area contributed by atoms with Gasteiger partial charge in [0.2, 0.25) is 11.8 Å². The first-order chi connectivity index (χ1) is 8.81. The van der Waals surface area contributed by atoms with Crippen LogP contribution in [0.25, 0.3) is 0 Å². The Labute approximate surface area is 113 Å². The number of likely N-dealkylation sites (N-methyl/N-ethyl adjacent to an activating group) is 2. The molecule has 2 amide bonds.